The SMILES string of the molecule is Cc1cc(-c2n[nH]c(C(=O)NC3CCN(CCC(C)C)CC3)c2C(C)C)cn2ncnc12. The third-order valence-electron chi connectivity index (χ3n) is 6.39. The molecule has 0 saturated carbocycles. The summed E-state index contributed by atoms with van der Waals surface area (Å²) in [6.07, 6.45) is 6.68. The Labute approximate surface area is 189 Å². The van der Waals surface area contributed by atoms with Crippen molar-refractivity contribution in [3.8, 4) is 11.3 Å². The lowest BCUT2D eigenvalue weighted by Crippen LogP contribution is -2.45. The van der Waals surface area contributed by atoms with E-state index in [9.17, 15) is 4.79 Å². The van der Waals surface area contributed by atoms with Crippen molar-refractivity contribution in [3.05, 3.63) is 35.4 Å². The fraction of sp³-hybridized carbons (Fsp3) is 0.583. The summed E-state index contributed by atoms with van der Waals surface area (Å²) in [6, 6.07) is 2.26. The van der Waals surface area contributed by atoms with Crippen molar-refractivity contribution in [2.45, 2.75) is 65.8 Å². The van der Waals surface area contributed by atoms with E-state index in [-0.39, 0.29) is 17.9 Å². The lowest BCUT2D eigenvalue weighted by molar-refractivity contribution is 0.0903. The van der Waals surface area contributed by atoms with Crippen LogP contribution in [0.2, 0.25) is 0 Å². The van der Waals surface area contributed by atoms with Gasteiger partial charge < -0.3 is 10.2 Å². The van der Waals surface area contributed by atoms with Crippen LogP contribution < -0.4 is 5.32 Å². The normalized spacial score (nSPS) is 15.8. The second-order valence-electron chi connectivity index (χ2n) is 9.73. The van der Waals surface area contributed by atoms with Gasteiger partial charge in [-0.05, 0) is 56.2 Å². The molecule has 4 rings (SSSR count). The van der Waals surface area contributed by atoms with Gasteiger partial charge in [-0.2, -0.15) is 10.2 Å². The molecule has 0 atom stereocenters. The summed E-state index contributed by atoms with van der Waals surface area (Å²) in [5.74, 6) is 0.811. The first kappa shape index (κ1) is 22.5. The van der Waals surface area contributed by atoms with E-state index in [1.54, 1.807) is 10.8 Å². The molecule has 1 fully saturated rings. The first-order chi connectivity index (χ1) is 15.3. The Morgan fingerprint density at radius 1 is 1.25 bits per heavy atom. The maximum atomic E-state index is 13.2. The molecule has 4 heterocycles. The van der Waals surface area contributed by atoms with E-state index in [0.717, 1.165) is 66.4 Å². The molecular formula is C24H35N7O. The van der Waals surface area contributed by atoms with Crippen molar-refractivity contribution >= 4 is 11.6 Å². The number of likely N-dealkylation sites (tertiary alicyclic amines) is 1. The van der Waals surface area contributed by atoms with Crippen molar-refractivity contribution < 1.29 is 4.79 Å². The van der Waals surface area contributed by atoms with E-state index in [0.29, 0.717) is 5.69 Å². The summed E-state index contributed by atoms with van der Waals surface area (Å²) in [7, 11) is 0. The number of rotatable bonds is 7. The molecule has 172 valence electrons. The minimum atomic E-state index is -0.0633. The highest BCUT2D eigenvalue weighted by Crippen LogP contribution is 2.31. The number of nitrogens with zero attached hydrogens (tertiary/aromatic N) is 5. The number of aromatic nitrogens is 5. The smallest absolute Gasteiger partial charge is 0.269 e. The van der Waals surface area contributed by atoms with Crippen LogP contribution in [0.5, 0.6) is 0 Å². The predicted octanol–water partition coefficient (Wildman–Crippen LogP) is 3.79. The highest BCUT2D eigenvalue weighted by Gasteiger charge is 2.26. The first-order valence-corrected chi connectivity index (χ1v) is 11.7. The number of hydrogen-bond donors (Lipinski definition) is 2. The lowest BCUT2D eigenvalue weighted by atomic mass is 9.96. The number of pyridine rings is 1. The molecule has 1 aliphatic rings. The summed E-state index contributed by atoms with van der Waals surface area (Å²) in [5, 5.41) is 15.1. The number of hydrogen-bond acceptors (Lipinski definition) is 5. The third-order valence-corrected chi connectivity index (χ3v) is 6.39. The molecule has 8 nitrogen and oxygen atoms in total. The Hall–Kier alpha value is -2.74. The maximum absolute atomic E-state index is 13.2. The summed E-state index contributed by atoms with van der Waals surface area (Å²) >= 11 is 0. The molecule has 0 aromatic carbocycles. The number of H-pyrrole nitrogens is 1. The zero-order chi connectivity index (χ0) is 22.8. The Balaban J connectivity index is 1.49. The third kappa shape index (κ3) is 4.70. The molecule has 3 aromatic heterocycles. The van der Waals surface area contributed by atoms with Crippen molar-refractivity contribution in [2.24, 2.45) is 5.92 Å². The van der Waals surface area contributed by atoms with Crippen LogP contribution in [-0.4, -0.2) is 61.3 Å². The van der Waals surface area contributed by atoms with Crippen molar-refractivity contribution in [1.29, 1.82) is 0 Å². The van der Waals surface area contributed by atoms with E-state index in [1.807, 2.05) is 13.1 Å². The second-order valence-corrected chi connectivity index (χ2v) is 9.73. The highest BCUT2D eigenvalue weighted by atomic mass is 16.2. The molecule has 0 unspecified atom stereocenters. The lowest BCUT2D eigenvalue weighted by Gasteiger charge is -2.32. The van der Waals surface area contributed by atoms with Crippen LogP contribution >= 0.6 is 0 Å². The monoisotopic (exact) mass is 437 g/mol. The summed E-state index contributed by atoms with van der Waals surface area (Å²) in [6.45, 7) is 14.0. The average molecular weight is 438 g/mol. The van der Waals surface area contributed by atoms with E-state index in [2.05, 4.69) is 64.3 Å². The van der Waals surface area contributed by atoms with Gasteiger partial charge >= 0.3 is 0 Å². The standard InChI is InChI=1S/C24H35N7O/c1-15(2)6-9-30-10-7-19(8-11-30)27-24(32)22-20(16(3)4)21(28-29-22)18-12-17(5)23-25-14-26-31(23)13-18/h12-16,19H,6-11H2,1-5H3,(H,27,32)(H,28,29). The summed E-state index contributed by atoms with van der Waals surface area (Å²) < 4.78 is 1.76. The molecule has 0 bridgehead atoms. The minimum absolute atomic E-state index is 0.0633. The minimum Gasteiger partial charge on any atom is -0.348 e. The molecule has 32 heavy (non-hydrogen) atoms. The molecule has 0 spiro atoms. The molecule has 3 aromatic rings. The van der Waals surface area contributed by atoms with Gasteiger partial charge in [0, 0.05) is 36.5 Å². The van der Waals surface area contributed by atoms with Crippen molar-refractivity contribution in [2.75, 3.05) is 19.6 Å². The van der Waals surface area contributed by atoms with Crippen LogP contribution in [-0.2, 0) is 0 Å². The first-order valence-electron chi connectivity index (χ1n) is 11.7. The number of piperidine rings is 1. The number of nitrogens with one attached hydrogen (secondary N) is 2. The number of aryl methyl sites for hydroxylation is 1. The van der Waals surface area contributed by atoms with Gasteiger partial charge in [0.15, 0.2) is 5.65 Å². The number of carbonyl (C=O) groups excluding carboxylic acids is 1. The van der Waals surface area contributed by atoms with Crippen LogP contribution in [0.1, 0.15) is 74.5 Å². The fourth-order valence-electron chi connectivity index (χ4n) is 4.53. The van der Waals surface area contributed by atoms with Gasteiger partial charge in [0.25, 0.3) is 5.91 Å². The Bertz CT molecular complexity index is 1070. The molecule has 1 aliphatic heterocycles. The summed E-state index contributed by atoms with van der Waals surface area (Å²) in [4.78, 5) is 20.0. The van der Waals surface area contributed by atoms with Crippen LogP contribution in [0.3, 0.4) is 0 Å². The second kappa shape index (κ2) is 9.40. The zero-order valence-corrected chi connectivity index (χ0v) is 19.9. The molecule has 8 heteroatoms. The van der Waals surface area contributed by atoms with E-state index in [4.69, 9.17) is 0 Å². The van der Waals surface area contributed by atoms with E-state index < -0.39 is 0 Å². The topological polar surface area (TPSA) is 91.2 Å². The van der Waals surface area contributed by atoms with E-state index in [1.165, 1.54) is 6.42 Å². The average Bonchev–Trinajstić information content (AvgIpc) is 3.40. The number of aromatic amines is 1. The van der Waals surface area contributed by atoms with Crippen LogP contribution in [0, 0.1) is 12.8 Å². The van der Waals surface area contributed by atoms with Gasteiger partial charge in [0.2, 0.25) is 0 Å². The summed E-state index contributed by atoms with van der Waals surface area (Å²) in [5.41, 5.74) is 5.08. The predicted molar refractivity (Wildman–Crippen MR) is 126 cm³/mol. The highest BCUT2D eigenvalue weighted by molar-refractivity contribution is 5.96. The van der Waals surface area contributed by atoms with Crippen LogP contribution in [0.25, 0.3) is 16.9 Å². The van der Waals surface area contributed by atoms with Gasteiger partial charge in [0.1, 0.15) is 12.0 Å². The van der Waals surface area contributed by atoms with Gasteiger partial charge in [-0.3, -0.25) is 9.89 Å². The molecule has 0 radical (unpaired) electrons. The van der Waals surface area contributed by atoms with Crippen molar-refractivity contribution in [1.82, 2.24) is 35.0 Å². The maximum Gasteiger partial charge on any atom is 0.269 e. The quantitative estimate of drug-likeness (QED) is 0.587. The number of carbonyl (C=O) groups is 1. The van der Waals surface area contributed by atoms with Gasteiger partial charge in [-0.15, -0.1) is 0 Å². The van der Waals surface area contributed by atoms with E-state index >= 15 is 0 Å². The van der Waals surface area contributed by atoms with Gasteiger partial charge in [-0.25, -0.2) is 9.50 Å². The molecule has 1 amide bonds. The zero-order valence-electron chi connectivity index (χ0n) is 19.9. The largest absolute Gasteiger partial charge is 0.348 e. The van der Waals surface area contributed by atoms with Crippen LogP contribution in [0.15, 0.2) is 18.6 Å². The molecule has 2 N–H and O–H groups in total. The molecule has 0 aliphatic carbocycles. The number of fused-ring (bicyclic) bond motifs is 1. The fourth-order valence-corrected chi connectivity index (χ4v) is 4.53. The van der Waals surface area contributed by atoms with Crippen molar-refractivity contribution in [3.63, 3.8) is 0 Å². The Morgan fingerprint density at radius 3 is 2.69 bits per heavy atom. The molecule has 1 saturated heterocycles. The Morgan fingerprint density at radius 2 is 2.00 bits per heavy atom. The molecular weight excluding hydrogens is 402 g/mol. The number of amides is 1. The van der Waals surface area contributed by atoms with Crippen LogP contribution in [0.4, 0.5) is 0 Å². The van der Waals surface area contributed by atoms with Gasteiger partial charge in [0.05, 0.1) is 5.69 Å². The van der Waals surface area contributed by atoms with Gasteiger partial charge in [-0.1, -0.05) is 27.7 Å². The Kier molecular flexibility index (Phi) is 6.60.